The molecule has 0 atom stereocenters. The fourth-order valence-electron chi connectivity index (χ4n) is 1.76. The van der Waals surface area contributed by atoms with Gasteiger partial charge < -0.3 is 9.05 Å². The van der Waals surface area contributed by atoms with Crippen LogP contribution in [0.5, 0.6) is 0 Å². The molecule has 0 rings (SSSR count). The van der Waals surface area contributed by atoms with Crippen LogP contribution >= 0.6 is 8.25 Å². The second-order valence-electron chi connectivity index (χ2n) is 4.78. The minimum atomic E-state index is -2.22. The summed E-state index contributed by atoms with van der Waals surface area (Å²) in [5.74, 6) is 0. The topological polar surface area (TPSA) is 35.5 Å². The number of hydrogen-bond acceptors (Lipinski definition) is 3. The van der Waals surface area contributed by atoms with Crippen LogP contribution in [-0.2, 0) is 13.6 Å². The Labute approximate surface area is 153 Å². The molecule has 0 aromatic heterocycles. The summed E-state index contributed by atoms with van der Waals surface area (Å²) >= 11 is 0. The summed E-state index contributed by atoms with van der Waals surface area (Å²) in [4.78, 5) is 0. The van der Waals surface area contributed by atoms with E-state index in [1.165, 1.54) is 51.4 Å². The van der Waals surface area contributed by atoms with E-state index in [0.29, 0.717) is 13.2 Å². The average molecular weight is 423 g/mol. The zero-order valence-electron chi connectivity index (χ0n) is 12.7. The summed E-state index contributed by atoms with van der Waals surface area (Å²) in [7, 11) is -2.22. The third kappa shape index (κ3) is 19.5. The first-order chi connectivity index (χ1) is 8.81. The summed E-state index contributed by atoms with van der Waals surface area (Å²) in [5, 5.41) is 0. The minimum absolute atomic E-state index is 0. The van der Waals surface area contributed by atoms with Crippen molar-refractivity contribution in [2.45, 2.75) is 78.1 Å². The first-order valence-corrected chi connectivity index (χ1v) is 8.83. The average Bonchev–Trinajstić information content (AvgIpc) is 2.38. The van der Waals surface area contributed by atoms with Gasteiger partial charge in [0.2, 0.25) is 0 Å². The zero-order valence-corrected chi connectivity index (χ0v) is 16.9. The SMILES string of the molecule is CCCCCCCO[PH](=O)OCCCCCCC.[Nd]. The van der Waals surface area contributed by atoms with Gasteiger partial charge in [-0.15, -0.1) is 0 Å². The van der Waals surface area contributed by atoms with Crippen LogP contribution < -0.4 is 0 Å². The summed E-state index contributed by atoms with van der Waals surface area (Å²) in [6, 6.07) is 0. The van der Waals surface area contributed by atoms with E-state index in [-0.39, 0.29) is 40.8 Å². The summed E-state index contributed by atoms with van der Waals surface area (Å²) in [6.07, 6.45) is 11.9. The van der Waals surface area contributed by atoms with Crippen molar-refractivity contribution >= 4 is 8.25 Å². The molecule has 0 unspecified atom stereocenters. The molecule has 0 aromatic rings. The molecular weight excluding hydrogens is 391 g/mol. The number of rotatable bonds is 14. The van der Waals surface area contributed by atoms with Crippen molar-refractivity contribution in [2.75, 3.05) is 13.2 Å². The Morgan fingerprint density at radius 3 is 1.42 bits per heavy atom. The number of hydrogen-bond donors (Lipinski definition) is 0. The summed E-state index contributed by atoms with van der Waals surface area (Å²) in [6.45, 7) is 5.56. The molecule has 0 saturated heterocycles. The minimum Gasteiger partial charge on any atom is -0.311 e. The van der Waals surface area contributed by atoms with Gasteiger partial charge in [-0.3, -0.25) is 4.57 Å². The second kappa shape index (κ2) is 19.5. The molecule has 0 aliphatic heterocycles. The largest absolute Gasteiger partial charge is 0.319 e. The van der Waals surface area contributed by atoms with Crippen molar-refractivity contribution < 1.29 is 54.5 Å². The normalized spacial score (nSPS) is 10.7. The van der Waals surface area contributed by atoms with Gasteiger partial charge in [0.05, 0.1) is 13.2 Å². The Kier molecular flexibility index (Phi) is 23.4. The third-order valence-electron chi connectivity index (χ3n) is 2.94. The maximum atomic E-state index is 11.4. The molecule has 0 bridgehead atoms. The molecular formula is C14H31NdO3P. The smallest absolute Gasteiger partial charge is 0.311 e. The van der Waals surface area contributed by atoms with E-state index in [9.17, 15) is 4.57 Å². The van der Waals surface area contributed by atoms with Crippen LogP contribution in [0.1, 0.15) is 78.1 Å². The molecule has 0 radical (unpaired) electrons. The van der Waals surface area contributed by atoms with Gasteiger partial charge in [0.15, 0.2) is 0 Å². The number of unbranched alkanes of at least 4 members (excludes halogenated alkanes) is 8. The quantitative estimate of drug-likeness (QED) is 0.280. The van der Waals surface area contributed by atoms with E-state index in [4.69, 9.17) is 9.05 Å². The second-order valence-corrected chi connectivity index (χ2v) is 5.85. The molecule has 5 heteroatoms. The molecule has 3 nitrogen and oxygen atoms in total. The van der Waals surface area contributed by atoms with Crippen LogP contribution in [0.25, 0.3) is 0 Å². The molecule has 0 heterocycles. The van der Waals surface area contributed by atoms with Crippen molar-refractivity contribution in [2.24, 2.45) is 0 Å². The van der Waals surface area contributed by atoms with Crippen molar-refractivity contribution in [1.29, 1.82) is 0 Å². The van der Waals surface area contributed by atoms with Crippen molar-refractivity contribution in [3.63, 3.8) is 0 Å². The summed E-state index contributed by atoms with van der Waals surface area (Å²) < 4.78 is 21.7. The van der Waals surface area contributed by atoms with Gasteiger partial charge in [-0.1, -0.05) is 65.2 Å². The van der Waals surface area contributed by atoms with E-state index in [1.54, 1.807) is 0 Å². The van der Waals surface area contributed by atoms with Gasteiger partial charge in [-0.05, 0) is 12.8 Å². The van der Waals surface area contributed by atoms with E-state index < -0.39 is 8.25 Å². The van der Waals surface area contributed by atoms with E-state index >= 15 is 0 Å². The fourth-order valence-corrected chi connectivity index (χ4v) is 2.47. The van der Waals surface area contributed by atoms with Gasteiger partial charge >= 0.3 is 8.25 Å². The maximum absolute atomic E-state index is 11.4. The molecule has 0 N–H and O–H groups in total. The zero-order chi connectivity index (χ0) is 13.5. The Balaban J connectivity index is 0. The van der Waals surface area contributed by atoms with Crippen molar-refractivity contribution in [1.82, 2.24) is 0 Å². The molecule has 0 amide bonds. The molecule has 0 aromatic carbocycles. The predicted octanol–water partition coefficient (Wildman–Crippen LogP) is 5.35. The fraction of sp³-hybridized carbons (Fsp3) is 1.00. The van der Waals surface area contributed by atoms with Gasteiger partial charge in [-0.25, -0.2) is 0 Å². The maximum Gasteiger partial charge on any atom is 0.319 e. The van der Waals surface area contributed by atoms with Gasteiger partial charge in [0, 0.05) is 40.8 Å². The van der Waals surface area contributed by atoms with E-state index in [1.807, 2.05) is 0 Å². The van der Waals surface area contributed by atoms with Crippen LogP contribution in [0.2, 0.25) is 0 Å². The van der Waals surface area contributed by atoms with Gasteiger partial charge in [0.25, 0.3) is 0 Å². The van der Waals surface area contributed by atoms with E-state index in [2.05, 4.69) is 13.8 Å². The molecule has 0 aliphatic carbocycles. The molecule has 19 heavy (non-hydrogen) atoms. The van der Waals surface area contributed by atoms with Crippen LogP contribution in [-0.4, -0.2) is 13.2 Å². The van der Waals surface area contributed by atoms with E-state index in [0.717, 1.165) is 12.8 Å². The predicted molar refractivity (Wildman–Crippen MR) is 78.4 cm³/mol. The molecule has 114 valence electrons. The van der Waals surface area contributed by atoms with Crippen LogP contribution in [0.3, 0.4) is 0 Å². The molecule has 0 spiro atoms. The Hall–Kier alpha value is 1.50. The Bertz CT molecular complexity index is 174. The first kappa shape index (κ1) is 22.8. The monoisotopic (exact) mass is 420 g/mol. The molecule has 0 fully saturated rings. The molecule has 0 saturated carbocycles. The van der Waals surface area contributed by atoms with Crippen LogP contribution in [0, 0.1) is 40.8 Å². The Morgan fingerprint density at radius 2 is 1.05 bits per heavy atom. The van der Waals surface area contributed by atoms with Crippen LogP contribution in [0.4, 0.5) is 0 Å². The molecule has 0 aliphatic rings. The first-order valence-electron chi connectivity index (χ1n) is 7.60. The Morgan fingerprint density at radius 1 is 0.684 bits per heavy atom. The standard InChI is InChI=1S/C14H31O3P.Nd/c1-3-5-7-9-11-13-16-18(15)17-14-12-10-8-6-4-2;/h18H,3-14H2,1-2H3;. The van der Waals surface area contributed by atoms with Crippen molar-refractivity contribution in [3.05, 3.63) is 0 Å². The van der Waals surface area contributed by atoms with Gasteiger partial charge in [0.1, 0.15) is 0 Å². The summed E-state index contributed by atoms with van der Waals surface area (Å²) in [5.41, 5.74) is 0. The third-order valence-corrected chi connectivity index (χ3v) is 3.82. The van der Waals surface area contributed by atoms with Gasteiger partial charge in [-0.2, -0.15) is 0 Å². The van der Waals surface area contributed by atoms with Crippen molar-refractivity contribution in [3.8, 4) is 0 Å². The van der Waals surface area contributed by atoms with Crippen LogP contribution in [0.15, 0.2) is 0 Å².